The van der Waals surface area contributed by atoms with Crippen LogP contribution in [0.3, 0.4) is 0 Å². The first-order chi connectivity index (χ1) is 9.74. The molecule has 1 atom stereocenters. The molecule has 2 amide bonds. The summed E-state index contributed by atoms with van der Waals surface area (Å²) in [6.45, 7) is 2.33. The van der Waals surface area contributed by atoms with Crippen LogP contribution in [0.15, 0.2) is 22.7 Å². The van der Waals surface area contributed by atoms with Gasteiger partial charge >= 0.3 is 0 Å². The summed E-state index contributed by atoms with van der Waals surface area (Å²) in [5.41, 5.74) is 4.66. The van der Waals surface area contributed by atoms with Crippen LogP contribution in [-0.4, -0.2) is 34.7 Å². The second-order valence-corrected chi connectivity index (χ2v) is 6.18. The largest absolute Gasteiger partial charge is 0.369 e. The van der Waals surface area contributed by atoms with Crippen LogP contribution in [0, 0.1) is 15.5 Å². The third-order valence-corrected chi connectivity index (χ3v) is 4.44. The molecule has 2 rings (SSSR count). The molecule has 1 aromatic rings. The van der Waals surface area contributed by atoms with E-state index in [0.29, 0.717) is 17.4 Å². The highest BCUT2D eigenvalue weighted by molar-refractivity contribution is 9.10. The Morgan fingerprint density at radius 2 is 2.14 bits per heavy atom. The minimum atomic E-state index is -0.747. The van der Waals surface area contributed by atoms with E-state index in [1.807, 2.05) is 0 Å². The van der Waals surface area contributed by atoms with Crippen molar-refractivity contribution < 1.29 is 14.5 Å². The minimum absolute atomic E-state index is 0.154. The van der Waals surface area contributed by atoms with Crippen molar-refractivity contribution in [3.8, 4) is 0 Å². The van der Waals surface area contributed by atoms with E-state index in [4.69, 9.17) is 5.73 Å². The number of carbonyl (C=O) groups excluding carboxylic acids is 2. The van der Waals surface area contributed by atoms with Crippen molar-refractivity contribution in [1.29, 1.82) is 0 Å². The number of amides is 2. The maximum atomic E-state index is 12.5. The zero-order valence-electron chi connectivity index (χ0n) is 11.3. The molecule has 0 bridgehead atoms. The van der Waals surface area contributed by atoms with Gasteiger partial charge in [-0.25, -0.2) is 0 Å². The Kier molecular flexibility index (Phi) is 3.99. The third-order valence-electron chi connectivity index (χ3n) is 3.75. The van der Waals surface area contributed by atoms with E-state index in [9.17, 15) is 19.7 Å². The van der Waals surface area contributed by atoms with E-state index in [1.54, 1.807) is 6.92 Å². The predicted octanol–water partition coefficient (Wildman–Crippen LogP) is 1.69. The SMILES string of the molecule is CC1(C(N)=O)CCN(C(=O)c2cc([N+](=O)[O-])ccc2Br)C1. The molecule has 112 valence electrons. The Morgan fingerprint density at radius 3 is 2.67 bits per heavy atom. The van der Waals surface area contributed by atoms with Gasteiger partial charge in [-0.15, -0.1) is 0 Å². The maximum Gasteiger partial charge on any atom is 0.270 e. The number of likely N-dealkylation sites (tertiary alicyclic amines) is 1. The van der Waals surface area contributed by atoms with Gasteiger partial charge in [0.15, 0.2) is 0 Å². The number of nitrogens with zero attached hydrogens (tertiary/aromatic N) is 2. The minimum Gasteiger partial charge on any atom is -0.369 e. The highest BCUT2D eigenvalue weighted by Crippen LogP contribution is 2.32. The molecule has 1 saturated heterocycles. The van der Waals surface area contributed by atoms with E-state index >= 15 is 0 Å². The second-order valence-electron chi connectivity index (χ2n) is 5.32. The fraction of sp³-hybridized carbons (Fsp3) is 0.385. The maximum absolute atomic E-state index is 12.5. The normalized spacial score (nSPS) is 21.3. The van der Waals surface area contributed by atoms with Crippen LogP contribution in [0.5, 0.6) is 0 Å². The topological polar surface area (TPSA) is 107 Å². The molecule has 0 spiro atoms. The van der Waals surface area contributed by atoms with E-state index in [0.717, 1.165) is 0 Å². The van der Waals surface area contributed by atoms with Crippen molar-refractivity contribution in [2.24, 2.45) is 11.1 Å². The Hall–Kier alpha value is -1.96. The number of non-ortho nitro benzene ring substituents is 1. The Morgan fingerprint density at radius 1 is 1.48 bits per heavy atom. The molecule has 0 saturated carbocycles. The van der Waals surface area contributed by atoms with E-state index in [2.05, 4.69) is 15.9 Å². The van der Waals surface area contributed by atoms with Gasteiger partial charge in [0.25, 0.3) is 11.6 Å². The van der Waals surface area contributed by atoms with Gasteiger partial charge in [0.1, 0.15) is 0 Å². The molecule has 0 aromatic heterocycles. The molecule has 7 nitrogen and oxygen atoms in total. The summed E-state index contributed by atoms with van der Waals surface area (Å²) in [7, 11) is 0. The van der Waals surface area contributed by atoms with Crippen LogP contribution in [0.25, 0.3) is 0 Å². The molecule has 1 unspecified atom stereocenters. The average Bonchev–Trinajstić information content (AvgIpc) is 2.82. The van der Waals surface area contributed by atoms with E-state index in [1.165, 1.54) is 23.1 Å². The number of hydrogen-bond donors (Lipinski definition) is 1. The molecule has 1 aliphatic heterocycles. The number of rotatable bonds is 3. The van der Waals surface area contributed by atoms with Crippen molar-refractivity contribution in [3.63, 3.8) is 0 Å². The molecular weight excluding hydrogens is 342 g/mol. The summed E-state index contributed by atoms with van der Waals surface area (Å²) in [5.74, 6) is -0.800. The molecule has 0 aliphatic carbocycles. The second kappa shape index (κ2) is 5.44. The van der Waals surface area contributed by atoms with Crippen LogP contribution in [0.4, 0.5) is 5.69 Å². The zero-order chi connectivity index (χ0) is 15.8. The highest BCUT2D eigenvalue weighted by atomic mass is 79.9. The number of hydrogen-bond acceptors (Lipinski definition) is 4. The molecular formula is C13H14BrN3O4. The van der Waals surface area contributed by atoms with E-state index in [-0.39, 0.29) is 23.7 Å². The molecule has 1 aromatic carbocycles. The summed E-state index contributed by atoms with van der Waals surface area (Å²) in [4.78, 5) is 35.6. The molecule has 1 aliphatic rings. The van der Waals surface area contributed by atoms with Gasteiger partial charge in [0, 0.05) is 29.7 Å². The van der Waals surface area contributed by atoms with Crippen LogP contribution in [0.2, 0.25) is 0 Å². The van der Waals surface area contributed by atoms with Gasteiger partial charge in [-0.05, 0) is 35.3 Å². The van der Waals surface area contributed by atoms with E-state index < -0.39 is 16.2 Å². The average molecular weight is 356 g/mol. The van der Waals surface area contributed by atoms with Gasteiger partial charge in [-0.1, -0.05) is 0 Å². The first-order valence-corrected chi connectivity index (χ1v) is 7.07. The van der Waals surface area contributed by atoms with Gasteiger partial charge in [-0.3, -0.25) is 19.7 Å². The standard InChI is InChI=1S/C13H14BrN3O4/c1-13(12(15)19)4-5-16(7-13)11(18)9-6-8(17(20)21)2-3-10(9)14/h2-3,6H,4-5,7H2,1H3,(H2,15,19). The number of benzene rings is 1. The summed E-state index contributed by atoms with van der Waals surface area (Å²) in [6, 6.07) is 4.01. The number of carbonyl (C=O) groups is 2. The Labute approximate surface area is 129 Å². The van der Waals surface area contributed by atoms with Crippen molar-refractivity contribution in [3.05, 3.63) is 38.3 Å². The molecule has 8 heteroatoms. The first-order valence-electron chi connectivity index (χ1n) is 6.28. The van der Waals surface area contributed by atoms with Gasteiger partial charge < -0.3 is 10.6 Å². The predicted molar refractivity (Wildman–Crippen MR) is 78.6 cm³/mol. The van der Waals surface area contributed by atoms with Crippen LogP contribution in [0.1, 0.15) is 23.7 Å². The van der Waals surface area contributed by atoms with Crippen LogP contribution >= 0.6 is 15.9 Å². The Balaban J connectivity index is 2.28. The molecule has 1 heterocycles. The summed E-state index contributed by atoms with van der Waals surface area (Å²) in [6.07, 6.45) is 0.487. The first kappa shape index (κ1) is 15.4. The van der Waals surface area contributed by atoms with Crippen molar-refractivity contribution in [2.75, 3.05) is 13.1 Å². The number of nitrogens with two attached hydrogens (primary N) is 1. The van der Waals surface area contributed by atoms with Crippen molar-refractivity contribution in [2.45, 2.75) is 13.3 Å². The summed E-state index contributed by atoms with van der Waals surface area (Å²) < 4.78 is 0.478. The third kappa shape index (κ3) is 2.90. The van der Waals surface area contributed by atoms with Gasteiger partial charge in [0.05, 0.1) is 15.9 Å². The van der Waals surface area contributed by atoms with Crippen molar-refractivity contribution in [1.82, 2.24) is 4.90 Å². The molecule has 21 heavy (non-hydrogen) atoms. The lowest BCUT2D eigenvalue weighted by atomic mass is 9.89. The summed E-state index contributed by atoms with van der Waals surface area (Å²) >= 11 is 3.22. The fourth-order valence-corrected chi connectivity index (χ4v) is 2.71. The number of nitro groups is 1. The molecule has 1 fully saturated rings. The van der Waals surface area contributed by atoms with Gasteiger partial charge in [0.2, 0.25) is 5.91 Å². The monoisotopic (exact) mass is 355 g/mol. The van der Waals surface area contributed by atoms with Crippen LogP contribution in [-0.2, 0) is 4.79 Å². The molecule has 0 radical (unpaired) electrons. The van der Waals surface area contributed by atoms with Gasteiger partial charge in [-0.2, -0.15) is 0 Å². The lowest BCUT2D eigenvalue weighted by Gasteiger charge is -2.21. The van der Waals surface area contributed by atoms with Crippen molar-refractivity contribution >= 4 is 33.4 Å². The van der Waals surface area contributed by atoms with Crippen LogP contribution < -0.4 is 5.73 Å². The highest BCUT2D eigenvalue weighted by Gasteiger charge is 2.41. The zero-order valence-corrected chi connectivity index (χ0v) is 12.9. The quantitative estimate of drug-likeness (QED) is 0.657. The number of primary amides is 1. The number of halogens is 1. The lowest BCUT2D eigenvalue weighted by Crippen LogP contribution is -2.38. The number of nitro benzene ring substituents is 1. The molecule has 2 N–H and O–H groups in total. The summed E-state index contributed by atoms with van der Waals surface area (Å²) in [5, 5.41) is 10.8. The fourth-order valence-electron chi connectivity index (χ4n) is 2.30. The smallest absolute Gasteiger partial charge is 0.270 e. The Bertz CT molecular complexity index is 634. The lowest BCUT2D eigenvalue weighted by molar-refractivity contribution is -0.384.